The summed E-state index contributed by atoms with van der Waals surface area (Å²) in [6, 6.07) is 0. The van der Waals surface area contributed by atoms with Gasteiger partial charge >= 0.3 is 5.97 Å². The van der Waals surface area contributed by atoms with E-state index in [1.165, 1.54) is 6.92 Å². The first kappa shape index (κ1) is 15.2. The number of rotatable bonds is 2. The summed E-state index contributed by atoms with van der Waals surface area (Å²) in [6.45, 7) is 9.08. The van der Waals surface area contributed by atoms with Gasteiger partial charge in [0.25, 0.3) is 0 Å². The number of hydrogen-bond acceptors (Lipinski definition) is 7. The first-order valence-electron chi connectivity index (χ1n) is 7.17. The van der Waals surface area contributed by atoms with Crippen molar-refractivity contribution in [3.8, 4) is 0 Å². The number of fused-ring (bicyclic) bond motifs is 1. The molecule has 21 heavy (non-hydrogen) atoms. The molecule has 0 bridgehead atoms. The van der Waals surface area contributed by atoms with Gasteiger partial charge in [0.1, 0.15) is 18.3 Å². The first-order valence-corrected chi connectivity index (χ1v) is 7.17. The van der Waals surface area contributed by atoms with Gasteiger partial charge in [-0.25, -0.2) is 0 Å². The lowest BCUT2D eigenvalue weighted by Gasteiger charge is -2.26. The second kappa shape index (κ2) is 4.89. The second-order valence-electron chi connectivity index (χ2n) is 6.51. The normalized spacial score (nSPS) is 43.8. The van der Waals surface area contributed by atoms with Crippen LogP contribution < -0.4 is 0 Å². The maximum atomic E-state index is 11.2. The van der Waals surface area contributed by atoms with E-state index >= 15 is 0 Å². The van der Waals surface area contributed by atoms with E-state index in [-0.39, 0.29) is 12.2 Å². The highest BCUT2D eigenvalue weighted by molar-refractivity contribution is 5.66. The monoisotopic (exact) mass is 302 g/mol. The van der Waals surface area contributed by atoms with Crippen LogP contribution in [0.1, 0.15) is 34.6 Å². The van der Waals surface area contributed by atoms with Crippen molar-refractivity contribution in [2.75, 3.05) is 6.61 Å². The lowest BCUT2D eigenvalue weighted by Crippen LogP contribution is -2.40. The van der Waals surface area contributed by atoms with Gasteiger partial charge in [0.2, 0.25) is 6.29 Å². The summed E-state index contributed by atoms with van der Waals surface area (Å²) in [5.74, 6) is -1.82. The average Bonchev–Trinajstić information content (AvgIpc) is 2.91. The van der Waals surface area contributed by atoms with Crippen molar-refractivity contribution in [3.63, 3.8) is 0 Å². The third-order valence-electron chi connectivity index (χ3n) is 3.73. The molecule has 0 spiro atoms. The molecule has 0 amide bonds. The van der Waals surface area contributed by atoms with E-state index in [0.717, 1.165) is 0 Å². The summed E-state index contributed by atoms with van der Waals surface area (Å²) in [4.78, 5) is 11.2. The summed E-state index contributed by atoms with van der Waals surface area (Å²) in [5, 5.41) is 0. The molecule has 3 heterocycles. The maximum absolute atomic E-state index is 11.2. The van der Waals surface area contributed by atoms with Gasteiger partial charge in [0.15, 0.2) is 17.7 Å². The Hall–Kier alpha value is -0.730. The van der Waals surface area contributed by atoms with E-state index in [1.54, 1.807) is 0 Å². The van der Waals surface area contributed by atoms with Crippen molar-refractivity contribution < 1.29 is 33.2 Å². The number of esters is 1. The molecule has 0 N–H and O–H groups in total. The molecule has 0 saturated carbocycles. The van der Waals surface area contributed by atoms with Gasteiger partial charge in [-0.15, -0.1) is 0 Å². The van der Waals surface area contributed by atoms with Gasteiger partial charge in [-0.1, -0.05) is 0 Å². The minimum Gasteiger partial charge on any atom is -0.433 e. The van der Waals surface area contributed by atoms with Crippen LogP contribution >= 0.6 is 0 Å². The molecule has 5 atom stereocenters. The van der Waals surface area contributed by atoms with Crippen LogP contribution in [0.15, 0.2) is 0 Å². The fourth-order valence-corrected chi connectivity index (χ4v) is 3.03. The van der Waals surface area contributed by atoms with Crippen molar-refractivity contribution in [2.24, 2.45) is 0 Å². The third kappa shape index (κ3) is 2.93. The van der Waals surface area contributed by atoms with Crippen LogP contribution in [0.2, 0.25) is 0 Å². The lowest BCUT2D eigenvalue weighted by molar-refractivity contribution is -0.244. The lowest BCUT2D eigenvalue weighted by atomic mass is 10.1. The summed E-state index contributed by atoms with van der Waals surface area (Å²) < 4.78 is 34.1. The van der Waals surface area contributed by atoms with E-state index in [9.17, 15) is 4.79 Å². The zero-order valence-corrected chi connectivity index (χ0v) is 13.0. The van der Waals surface area contributed by atoms with Gasteiger partial charge in [-0.3, -0.25) is 4.79 Å². The van der Waals surface area contributed by atoms with Crippen LogP contribution in [0.5, 0.6) is 0 Å². The molecular weight excluding hydrogens is 280 g/mol. The Morgan fingerprint density at radius 3 is 2.24 bits per heavy atom. The minimum absolute atomic E-state index is 0.287. The van der Waals surface area contributed by atoms with Crippen LogP contribution in [0.25, 0.3) is 0 Å². The molecule has 3 aliphatic heterocycles. The molecule has 1 unspecified atom stereocenters. The van der Waals surface area contributed by atoms with Crippen molar-refractivity contribution in [2.45, 2.75) is 76.9 Å². The van der Waals surface area contributed by atoms with Crippen molar-refractivity contribution in [1.82, 2.24) is 0 Å². The molecule has 3 fully saturated rings. The molecule has 7 nitrogen and oxygen atoms in total. The smallest absolute Gasteiger partial charge is 0.305 e. The molecule has 120 valence electrons. The fraction of sp³-hybridized carbons (Fsp3) is 0.929. The van der Waals surface area contributed by atoms with Gasteiger partial charge in [-0.05, 0) is 27.7 Å². The molecule has 3 saturated heterocycles. The van der Waals surface area contributed by atoms with Crippen LogP contribution in [0.3, 0.4) is 0 Å². The van der Waals surface area contributed by atoms with Crippen molar-refractivity contribution in [1.29, 1.82) is 0 Å². The molecule has 0 aromatic carbocycles. The van der Waals surface area contributed by atoms with Gasteiger partial charge in [0, 0.05) is 6.92 Å². The largest absolute Gasteiger partial charge is 0.433 e. The molecular formula is C14H22O7. The zero-order chi connectivity index (χ0) is 15.4. The Balaban J connectivity index is 1.77. The average molecular weight is 302 g/mol. The Bertz CT molecular complexity index is 433. The molecule has 3 rings (SSSR count). The Morgan fingerprint density at radius 1 is 1.00 bits per heavy atom. The van der Waals surface area contributed by atoms with E-state index in [2.05, 4.69) is 0 Å². The van der Waals surface area contributed by atoms with Gasteiger partial charge in [-0.2, -0.15) is 0 Å². The Labute approximate surface area is 123 Å². The second-order valence-corrected chi connectivity index (χ2v) is 6.51. The van der Waals surface area contributed by atoms with Crippen LogP contribution in [-0.2, 0) is 33.2 Å². The maximum Gasteiger partial charge on any atom is 0.305 e. The first-order chi connectivity index (χ1) is 9.67. The van der Waals surface area contributed by atoms with Crippen molar-refractivity contribution >= 4 is 5.97 Å². The topological polar surface area (TPSA) is 72.5 Å². The number of hydrogen-bond donors (Lipinski definition) is 0. The predicted molar refractivity (Wildman–Crippen MR) is 69.2 cm³/mol. The molecule has 7 heteroatoms. The summed E-state index contributed by atoms with van der Waals surface area (Å²) >= 11 is 0. The van der Waals surface area contributed by atoms with Crippen molar-refractivity contribution in [3.05, 3.63) is 0 Å². The predicted octanol–water partition coefficient (Wildman–Crippen LogP) is 0.946. The summed E-state index contributed by atoms with van der Waals surface area (Å²) in [5.41, 5.74) is 0. The molecule has 0 radical (unpaired) electrons. The van der Waals surface area contributed by atoms with Gasteiger partial charge < -0.3 is 28.4 Å². The Morgan fingerprint density at radius 2 is 1.67 bits per heavy atom. The van der Waals surface area contributed by atoms with Crippen LogP contribution in [-0.4, -0.2) is 54.9 Å². The zero-order valence-electron chi connectivity index (χ0n) is 13.0. The number of ether oxygens (including phenoxy) is 6. The molecule has 0 aromatic heterocycles. The highest BCUT2D eigenvalue weighted by atomic mass is 16.8. The quantitative estimate of drug-likeness (QED) is 0.703. The van der Waals surface area contributed by atoms with Gasteiger partial charge in [0.05, 0.1) is 6.61 Å². The minimum atomic E-state index is -0.786. The number of carbonyl (C=O) groups excluding carboxylic acids is 1. The van der Waals surface area contributed by atoms with E-state index in [1.807, 2.05) is 27.7 Å². The Kier molecular flexibility index (Phi) is 3.53. The van der Waals surface area contributed by atoms with Crippen LogP contribution in [0, 0.1) is 0 Å². The molecule has 0 aromatic rings. The standard InChI is InChI=1S/C14H22O7/c1-7(15)17-12-11-10(20-14(4,5)21-11)9(18-12)8-6-16-13(2,3)19-8/h8-12H,6H2,1-5H3/t8-,9+,10-,11-,12?/m1/s1. The highest BCUT2D eigenvalue weighted by Gasteiger charge is 2.60. The fourth-order valence-electron chi connectivity index (χ4n) is 3.03. The van der Waals surface area contributed by atoms with E-state index in [0.29, 0.717) is 6.61 Å². The van der Waals surface area contributed by atoms with E-state index < -0.39 is 36.0 Å². The summed E-state index contributed by atoms with van der Waals surface area (Å²) in [7, 11) is 0. The molecule has 0 aliphatic carbocycles. The van der Waals surface area contributed by atoms with Crippen LogP contribution in [0.4, 0.5) is 0 Å². The SMILES string of the molecule is CC(=O)OC1O[C@@H]([C@H]2COC(C)(C)O2)[C@H]2OC(C)(C)O[C@@H]12. The molecule has 3 aliphatic rings. The third-order valence-corrected chi connectivity index (χ3v) is 3.73. The van der Waals surface area contributed by atoms with E-state index in [4.69, 9.17) is 28.4 Å². The summed E-state index contributed by atoms with van der Waals surface area (Å²) in [6.07, 6.45) is -2.28. The number of carbonyl (C=O) groups is 1. The highest BCUT2D eigenvalue weighted by Crippen LogP contribution is 2.42.